The van der Waals surface area contributed by atoms with E-state index in [2.05, 4.69) is 4.98 Å². The van der Waals surface area contributed by atoms with Crippen molar-refractivity contribution >= 4 is 39.1 Å². The normalized spacial score (nSPS) is 14.4. The summed E-state index contributed by atoms with van der Waals surface area (Å²) in [5.41, 5.74) is 1.48. The number of hydrogen-bond acceptors (Lipinski definition) is 5. The highest BCUT2D eigenvalue weighted by molar-refractivity contribution is 7.20. The summed E-state index contributed by atoms with van der Waals surface area (Å²) < 4.78 is 12.1. The lowest BCUT2D eigenvalue weighted by molar-refractivity contribution is 0.0178. The highest BCUT2D eigenvalue weighted by atomic mass is 35.5. The first-order valence-corrected chi connectivity index (χ1v) is 8.98. The van der Waals surface area contributed by atoms with Crippen LogP contribution in [0.1, 0.15) is 10.4 Å². The van der Waals surface area contributed by atoms with Crippen molar-refractivity contribution < 1.29 is 14.3 Å². The van der Waals surface area contributed by atoms with Crippen LogP contribution in [0.3, 0.4) is 0 Å². The molecule has 1 fully saturated rings. The second-order valence-corrected chi connectivity index (χ2v) is 7.20. The molecule has 0 saturated carbocycles. The Labute approximate surface area is 153 Å². The lowest BCUT2D eigenvalue weighted by Gasteiger charge is -2.38. The number of aromatic nitrogens is 1. The molecule has 1 saturated heterocycles. The number of halogens is 1. The molecule has 3 aromatic rings. The monoisotopic (exact) mass is 374 g/mol. The number of fused-ring (bicyclic) bond motifs is 1. The standard InChI is InChI=1S/C18H15ClN2O3S/c1-23-13-5-6-15-16(8-13)25-18(20-15)24-14-9-21(10-14)17(22)11-3-2-4-12(19)7-11/h2-8,14H,9-10H2,1H3. The molecule has 4 rings (SSSR count). The number of carbonyl (C=O) groups is 1. The average molecular weight is 375 g/mol. The van der Waals surface area contributed by atoms with Crippen LogP contribution >= 0.6 is 22.9 Å². The molecule has 1 aliphatic heterocycles. The summed E-state index contributed by atoms with van der Waals surface area (Å²) in [7, 11) is 1.64. The van der Waals surface area contributed by atoms with Crippen molar-refractivity contribution in [2.24, 2.45) is 0 Å². The van der Waals surface area contributed by atoms with Crippen LogP contribution in [0, 0.1) is 0 Å². The Morgan fingerprint density at radius 1 is 1.28 bits per heavy atom. The van der Waals surface area contributed by atoms with Gasteiger partial charge in [-0.3, -0.25) is 4.79 Å². The van der Waals surface area contributed by atoms with Crippen LogP contribution in [0.5, 0.6) is 10.9 Å². The second-order valence-electron chi connectivity index (χ2n) is 5.77. The Kier molecular flexibility index (Phi) is 4.23. The topological polar surface area (TPSA) is 51.7 Å². The summed E-state index contributed by atoms with van der Waals surface area (Å²) in [4.78, 5) is 18.6. The van der Waals surface area contributed by atoms with Gasteiger partial charge in [0.15, 0.2) is 0 Å². The van der Waals surface area contributed by atoms with Gasteiger partial charge in [0.05, 0.1) is 30.4 Å². The molecule has 7 heteroatoms. The van der Waals surface area contributed by atoms with E-state index in [1.165, 1.54) is 11.3 Å². The van der Waals surface area contributed by atoms with E-state index in [9.17, 15) is 4.79 Å². The molecule has 0 bridgehead atoms. The minimum Gasteiger partial charge on any atom is -0.497 e. The molecule has 128 valence electrons. The first-order valence-electron chi connectivity index (χ1n) is 7.78. The molecular formula is C18H15ClN2O3S. The lowest BCUT2D eigenvalue weighted by Crippen LogP contribution is -2.56. The van der Waals surface area contributed by atoms with Gasteiger partial charge in [0.25, 0.3) is 11.1 Å². The number of nitrogens with zero attached hydrogens (tertiary/aromatic N) is 2. The SMILES string of the molecule is COc1ccc2nc(OC3CN(C(=O)c4cccc(Cl)c4)C3)sc2c1. The van der Waals surface area contributed by atoms with Gasteiger partial charge in [-0.15, -0.1) is 0 Å². The summed E-state index contributed by atoms with van der Waals surface area (Å²) in [5, 5.41) is 1.17. The largest absolute Gasteiger partial charge is 0.497 e. The third kappa shape index (κ3) is 3.27. The molecule has 0 radical (unpaired) electrons. The molecule has 0 N–H and O–H groups in total. The number of ether oxygens (including phenoxy) is 2. The number of likely N-dealkylation sites (tertiary alicyclic amines) is 1. The molecule has 0 unspecified atom stereocenters. The third-order valence-corrected chi connectivity index (χ3v) is 5.19. The van der Waals surface area contributed by atoms with Crippen molar-refractivity contribution in [1.29, 1.82) is 0 Å². The molecule has 5 nitrogen and oxygen atoms in total. The number of methoxy groups -OCH3 is 1. The summed E-state index contributed by atoms with van der Waals surface area (Å²) in [6.07, 6.45) is -0.0365. The van der Waals surface area contributed by atoms with Gasteiger partial charge in [-0.2, -0.15) is 0 Å². The lowest BCUT2D eigenvalue weighted by atomic mass is 10.1. The van der Waals surface area contributed by atoms with Crippen molar-refractivity contribution in [2.45, 2.75) is 6.10 Å². The van der Waals surface area contributed by atoms with Crippen LogP contribution in [0.4, 0.5) is 0 Å². The number of amides is 1. The maximum absolute atomic E-state index is 12.4. The molecule has 1 aromatic heterocycles. The number of hydrogen-bond donors (Lipinski definition) is 0. The van der Waals surface area contributed by atoms with Crippen LogP contribution < -0.4 is 9.47 Å². The van der Waals surface area contributed by atoms with Gasteiger partial charge in [-0.1, -0.05) is 29.0 Å². The van der Waals surface area contributed by atoms with Gasteiger partial charge in [0.2, 0.25) is 0 Å². The quantitative estimate of drug-likeness (QED) is 0.695. The highest BCUT2D eigenvalue weighted by Crippen LogP contribution is 2.32. The second kappa shape index (κ2) is 6.54. The van der Waals surface area contributed by atoms with Crippen molar-refractivity contribution in [3.63, 3.8) is 0 Å². The van der Waals surface area contributed by atoms with Crippen molar-refractivity contribution in [3.05, 3.63) is 53.1 Å². The van der Waals surface area contributed by atoms with Crippen LogP contribution in [-0.2, 0) is 0 Å². The van der Waals surface area contributed by atoms with Crippen molar-refractivity contribution in [3.8, 4) is 10.9 Å². The van der Waals surface area contributed by atoms with Gasteiger partial charge >= 0.3 is 0 Å². The zero-order chi connectivity index (χ0) is 17.4. The Morgan fingerprint density at radius 3 is 2.88 bits per heavy atom. The summed E-state index contributed by atoms with van der Waals surface area (Å²) in [5.74, 6) is 0.765. The number of rotatable bonds is 4. The predicted molar refractivity (Wildman–Crippen MR) is 97.9 cm³/mol. The minimum atomic E-state index is -0.0365. The fraction of sp³-hybridized carbons (Fsp3) is 0.222. The van der Waals surface area contributed by atoms with Crippen LogP contribution in [0.15, 0.2) is 42.5 Å². The van der Waals surface area contributed by atoms with Crippen LogP contribution in [0.25, 0.3) is 10.2 Å². The molecule has 1 aliphatic rings. The molecule has 0 atom stereocenters. The Bertz CT molecular complexity index is 937. The van der Waals surface area contributed by atoms with E-state index < -0.39 is 0 Å². The predicted octanol–water partition coefficient (Wildman–Crippen LogP) is 3.86. The fourth-order valence-corrected chi connectivity index (χ4v) is 3.79. The number of thiazole rings is 1. The molecule has 0 spiro atoms. The Morgan fingerprint density at radius 2 is 2.12 bits per heavy atom. The summed E-state index contributed by atoms with van der Waals surface area (Å²) >= 11 is 7.42. The molecular weight excluding hydrogens is 360 g/mol. The zero-order valence-electron chi connectivity index (χ0n) is 13.4. The highest BCUT2D eigenvalue weighted by Gasteiger charge is 2.33. The van der Waals surface area contributed by atoms with E-state index >= 15 is 0 Å². The van der Waals surface area contributed by atoms with E-state index in [1.807, 2.05) is 18.2 Å². The van der Waals surface area contributed by atoms with E-state index in [-0.39, 0.29) is 12.0 Å². The minimum absolute atomic E-state index is 0.0311. The number of benzene rings is 2. The van der Waals surface area contributed by atoms with E-state index in [1.54, 1.807) is 36.3 Å². The van der Waals surface area contributed by atoms with Crippen molar-refractivity contribution in [2.75, 3.05) is 20.2 Å². The maximum atomic E-state index is 12.4. The average Bonchev–Trinajstić information content (AvgIpc) is 2.98. The first kappa shape index (κ1) is 16.2. The Hall–Kier alpha value is -2.31. The van der Waals surface area contributed by atoms with E-state index in [0.29, 0.717) is 28.9 Å². The molecule has 0 aliphatic carbocycles. The van der Waals surface area contributed by atoms with E-state index in [0.717, 1.165) is 16.0 Å². The van der Waals surface area contributed by atoms with Crippen LogP contribution in [-0.4, -0.2) is 42.1 Å². The smallest absolute Gasteiger partial charge is 0.274 e. The molecule has 25 heavy (non-hydrogen) atoms. The summed E-state index contributed by atoms with van der Waals surface area (Å²) in [6.45, 7) is 1.09. The van der Waals surface area contributed by atoms with Gasteiger partial charge in [-0.05, 0) is 36.4 Å². The third-order valence-electron chi connectivity index (χ3n) is 4.05. The van der Waals surface area contributed by atoms with Gasteiger partial charge in [0, 0.05) is 10.6 Å². The maximum Gasteiger partial charge on any atom is 0.274 e. The molecule has 2 aromatic carbocycles. The molecule has 1 amide bonds. The molecule has 2 heterocycles. The van der Waals surface area contributed by atoms with Gasteiger partial charge in [0.1, 0.15) is 11.9 Å². The zero-order valence-corrected chi connectivity index (χ0v) is 15.0. The summed E-state index contributed by atoms with van der Waals surface area (Å²) in [6, 6.07) is 12.7. The first-order chi connectivity index (χ1) is 12.1. The van der Waals surface area contributed by atoms with E-state index in [4.69, 9.17) is 21.1 Å². The number of carbonyl (C=O) groups excluding carboxylic acids is 1. The van der Waals surface area contributed by atoms with Gasteiger partial charge < -0.3 is 14.4 Å². The Balaban J connectivity index is 1.39. The van der Waals surface area contributed by atoms with Gasteiger partial charge in [-0.25, -0.2) is 4.98 Å². The van der Waals surface area contributed by atoms with Crippen LogP contribution in [0.2, 0.25) is 5.02 Å². The van der Waals surface area contributed by atoms with Crippen molar-refractivity contribution in [1.82, 2.24) is 9.88 Å². The fourth-order valence-electron chi connectivity index (χ4n) is 2.69.